The van der Waals surface area contributed by atoms with Gasteiger partial charge in [0.05, 0.1) is 13.7 Å². The number of carboxylic acid groups (broad SMARTS) is 1. The van der Waals surface area contributed by atoms with Crippen LogP contribution in [0.4, 0.5) is 0 Å². The van der Waals surface area contributed by atoms with Crippen molar-refractivity contribution >= 4 is 23.6 Å². The molecule has 0 bridgehead atoms. The summed E-state index contributed by atoms with van der Waals surface area (Å²) in [6.45, 7) is 0.397. The van der Waals surface area contributed by atoms with Gasteiger partial charge < -0.3 is 19.9 Å². The minimum absolute atomic E-state index is 0.242. The van der Waals surface area contributed by atoms with Crippen molar-refractivity contribution in [3.05, 3.63) is 24.3 Å². The number of rotatable bonds is 8. The first kappa shape index (κ1) is 17.5. The summed E-state index contributed by atoms with van der Waals surface area (Å²) in [4.78, 5) is 23.3. The SMILES string of the molecule is COc1ccc(OCCCC(=O)NC2(C(=O)O)CCSC2)cc1. The van der Waals surface area contributed by atoms with E-state index in [2.05, 4.69) is 5.32 Å². The van der Waals surface area contributed by atoms with E-state index in [1.807, 2.05) is 0 Å². The third-order valence-corrected chi connectivity index (χ3v) is 4.88. The highest BCUT2D eigenvalue weighted by molar-refractivity contribution is 7.99. The van der Waals surface area contributed by atoms with Crippen molar-refractivity contribution in [2.45, 2.75) is 24.8 Å². The predicted molar refractivity (Wildman–Crippen MR) is 88.2 cm³/mol. The van der Waals surface area contributed by atoms with E-state index in [4.69, 9.17) is 9.47 Å². The number of carboxylic acids is 1. The summed E-state index contributed by atoms with van der Waals surface area (Å²) in [7, 11) is 1.60. The largest absolute Gasteiger partial charge is 0.497 e. The van der Waals surface area contributed by atoms with E-state index in [1.54, 1.807) is 43.1 Å². The predicted octanol–water partition coefficient (Wildman–Crippen LogP) is 1.93. The average Bonchev–Trinajstić information content (AvgIpc) is 3.02. The molecule has 1 aromatic carbocycles. The van der Waals surface area contributed by atoms with Crippen molar-refractivity contribution in [1.82, 2.24) is 5.32 Å². The molecule has 0 radical (unpaired) electrons. The van der Waals surface area contributed by atoms with Gasteiger partial charge in [0.15, 0.2) is 0 Å². The highest BCUT2D eigenvalue weighted by Crippen LogP contribution is 2.28. The van der Waals surface area contributed by atoms with Crippen LogP contribution in [0.1, 0.15) is 19.3 Å². The van der Waals surface area contributed by atoms with E-state index in [0.29, 0.717) is 31.0 Å². The summed E-state index contributed by atoms with van der Waals surface area (Å²) in [6, 6.07) is 7.20. The summed E-state index contributed by atoms with van der Waals surface area (Å²) >= 11 is 1.55. The zero-order chi connectivity index (χ0) is 16.7. The van der Waals surface area contributed by atoms with Gasteiger partial charge in [-0.15, -0.1) is 0 Å². The summed E-state index contributed by atoms with van der Waals surface area (Å²) in [5, 5.41) is 12.0. The quantitative estimate of drug-likeness (QED) is 0.704. The molecule has 7 heteroatoms. The molecule has 6 nitrogen and oxygen atoms in total. The van der Waals surface area contributed by atoms with Crippen LogP contribution in [-0.4, -0.2) is 47.7 Å². The maximum atomic E-state index is 11.9. The van der Waals surface area contributed by atoms with Crippen molar-refractivity contribution in [2.75, 3.05) is 25.2 Å². The number of methoxy groups -OCH3 is 1. The van der Waals surface area contributed by atoms with Gasteiger partial charge in [0.1, 0.15) is 17.0 Å². The minimum Gasteiger partial charge on any atom is -0.497 e. The van der Waals surface area contributed by atoms with Crippen LogP contribution < -0.4 is 14.8 Å². The molecule has 2 N–H and O–H groups in total. The number of aliphatic carboxylic acids is 1. The highest BCUT2D eigenvalue weighted by atomic mass is 32.2. The third kappa shape index (κ3) is 4.79. The normalized spacial score (nSPS) is 20.0. The molecule has 0 saturated carbocycles. The third-order valence-electron chi connectivity index (χ3n) is 3.69. The van der Waals surface area contributed by atoms with Crippen molar-refractivity contribution < 1.29 is 24.2 Å². The fraction of sp³-hybridized carbons (Fsp3) is 0.500. The molecule has 0 aliphatic carbocycles. The number of carbonyl (C=O) groups excluding carboxylic acids is 1. The molecule has 0 spiro atoms. The molecule has 1 amide bonds. The average molecular weight is 339 g/mol. The van der Waals surface area contributed by atoms with Crippen LogP contribution in [0, 0.1) is 0 Å². The van der Waals surface area contributed by atoms with Gasteiger partial charge in [-0.2, -0.15) is 11.8 Å². The maximum absolute atomic E-state index is 11.9. The molecule has 1 aliphatic rings. The molecule has 1 saturated heterocycles. The second-order valence-corrected chi connectivity index (χ2v) is 6.47. The maximum Gasteiger partial charge on any atom is 0.330 e. The Hall–Kier alpha value is -1.89. The Bertz CT molecular complexity index is 540. The molecule has 1 fully saturated rings. The zero-order valence-corrected chi connectivity index (χ0v) is 13.9. The Morgan fingerprint density at radius 3 is 2.57 bits per heavy atom. The van der Waals surface area contributed by atoms with E-state index in [9.17, 15) is 14.7 Å². The first-order valence-corrected chi connectivity index (χ1v) is 8.60. The van der Waals surface area contributed by atoms with Crippen LogP contribution in [-0.2, 0) is 9.59 Å². The molecule has 1 heterocycles. The van der Waals surface area contributed by atoms with Crippen LogP contribution in [0.3, 0.4) is 0 Å². The molecule has 1 atom stereocenters. The summed E-state index contributed by atoms with van der Waals surface area (Å²) in [5.74, 6) is 1.45. The first-order chi connectivity index (χ1) is 11.1. The Balaban J connectivity index is 1.71. The monoisotopic (exact) mass is 339 g/mol. The summed E-state index contributed by atoms with van der Waals surface area (Å²) < 4.78 is 10.6. The van der Waals surface area contributed by atoms with Gasteiger partial charge in [-0.25, -0.2) is 4.79 Å². The number of nitrogens with one attached hydrogen (secondary N) is 1. The van der Waals surface area contributed by atoms with Crippen LogP contribution >= 0.6 is 11.8 Å². The van der Waals surface area contributed by atoms with Crippen LogP contribution in [0.15, 0.2) is 24.3 Å². The molecule has 1 aromatic rings. The topological polar surface area (TPSA) is 84.9 Å². The number of amides is 1. The van der Waals surface area contributed by atoms with Gasteiger partial charge in [-0.1, -0.05) is 0 Å². The van der Waals surface area contributed by atoms with E-state index in [-0.39, 0.29) is 12.3 Å². The van der Waals surface area contributed by atoms with Gasteiger partial charge in [-0.3, -0.25) is 4.79 Å². The lowest BCUT2D eigenvalue weighted by atomic mass is 9.99. The standard InChI is InChI=1S/C16H21NO5S/c1-21-12-4-6-13(7-5-12)22-9-2-3-14(18)17-16(15(19)20)8-10-23-11-16/h4-7H,2-3,8-11H2,1H3,(H,17,18)(H,19,20). The molecule has 0 aromatic heterocycles. The fourth-order valence-corrected chi connectivity index (χ4v) is 3.64. The Labute approximate surface area is 139 Å². The molecule has 1 aliphatic heterocycles. The molecule has 126 valence electrons. The number of ether oxygens (including phenoxy) is 2. The lowest BCUT2D eigenvalue weighted by Crippen LogP contribution is -2.54. The van der Waals surface area contributed by atoms with Crippen LogP contribution in [0.2, 0.25) is 0 Å². The molecule has 1 unspecified atom stereocenters. The second-order valence-electron chi connectivity index (χ2n) is 5.37. The fourth-order valence-electron chi connectivity index (χ4n) is 2.31. The van der Waals surface area contributed by atoms with E-state index < -0.39 is 11.5 Å². The minimum atomic E-state index is -1.10. The van der Waals surface area contributed by atoms with Gasteiger partial charge in [0.25, 0.3) is 0 Å². The number of carbonyl (C=O) groups is 2. The van der Waals surface area contributed by atoms with Crippen molar-refractivity contribution in [1.29, 1.82) is 0 Å². The van der Waals surface area contributed by atoms with Crippen LogP contribution in [0.5, 0.6) is 11.5 Å². The van der Waals surface area contributed by atoms with Crippen LogP contribution in [0.25, 0.3) is 0 Å². The van der Waals surface area contributed by atoms with Gasteiger partial charge in [-0.05, 0) is 42.9 Å². The molecular formula is C16H21NO5S. The Kier molecular flexibility index (Phi) is 6.15. The zero-order valence-electron chi connectivity index (χ0n) is 13.0. The first-order valence-electron chi connectivity index (χ1n) is 7.45. The number of benzene rings is 1. The molecule has 2 rings (SSSR count). The Morgan fingerprint density at radius 1 is 1.30 bits per heavy atom. The highest BCUT2D eigenvalue weighted by Gasteiger charge is 2.43. The van der Waals surface area contributed by atoms with E-state index >= 15 is 0 Å². The van der Waals surface area contributed by atoms with Gasteiger partial charge >= 0.3 is 5.97 Å². The number of hydrogen-bond donors (Lipinski definition) is 2. The Morgan fingerprint density at radius 2 is 2.00 bits per heavy atom. The van der Waals surface area contributed by atoms with E-state index in [1.165, 1.54) is 0 Å². The smallest absolute Gasteiger partial charge is 0.330 e. The molecular weight excluding hydrogens is 318 g/mol. The summed E-state index contributed by atoms with van der Waals surface area (Å²) in [6.07, 6.45) is 1.25. The van der Waals surface area contributed by atoms with Gasteiger partial charge in [0, 0.05) is 12.2 Å². The van der Waals surface area contributed by atoms with Crippen molar-refractivity contribution in [3.8, 4) is 11.5 Å². The summed E-state index contributed by atoms with van der Waals surface area (Å²) in [5.41, 5.74) is -1.10. The molecule has 23 heavy (non-hydrogen) atoms. The van der Waals surface area contributed by atoms with Gasteiger partial charge in [0.2, 0.25) is 5.91 Å². The van der Waals surface area contributed by atoms with Crippen molar-refractivity contribution in [2.24, 2.45) is 0 Å². The number of hydrogen-bond acceptors (Lipinski definition) is 5. The van der Waals surface area contributed by atoms with Crippen molar-refractivity contribution in [3.63, 3.8) is 0 Å². The number of thioether (sulfide) groups is 1. The lowest BCUT2D eigenvalue weighted by Gasteiger charge is -2.24. The second kappa shape index (κ2) is 8.10. The van der Waals surface area contributed by atoms with E-state index in [0.717, 1.165) is 11.5 Å². The lowest BCUT2D eigenvalue weighted by molar-refractivity contribution is -0.146.